The van der Waals surface area contributed by atoms with Crippen molar-refractivity contribution in [2.45, 2.75) is 31.2 Å². The van der Waals surface area contributed by atoms with E-state index < -0.39 is 0 Å². The van der Waals surface area contributed by atoms with Gasteiger partial charge in [0.25, 0.3) is 0 Å². The number of fused-ring (bicyclic) bond motifs is 1. The third kappa shape index (κ3) is 4.37. The van der Waals surface area contributed by atoms with Gasteiger partial charge in [0.05, 0.1) is 11.9 Å². The van der Waals surface area contributed by atoms with Crippen LogP contribution in [0.3, 0.4) is 0 Å². The number of benzene rings is 2. The third-order valence-corrected chi connectivity index (χ3v) is 4.89. The number of carbonyl (C=O) groups excluding carboxylic acids is 1. The van der Waals surface area contributed by atoms with Gasteiger partial charge in [0.2, 0.25) is 5.91 Å². The lowest BCUT2D eigenvalue weighted by molar-refractivity contribution is -0.113. The van der Waals surface area contributed by atoms with Crippen LogP contribution in [0.1, 0.15) is 26.3 Å². The molecule has 0 saturated heterocycles. The highest BCUT2D eigenvalue weighted by molar-refractivity contribution is 8.00. The number of aromatic nitrogens is 2. The molecule has 0 aliphatic heterocycles. The summed E-state index contributed by atoms with van der Waals surface area (Å²) in [6, 6.07) is 15.9. The van der Waals surface area contributed by atoms with Crippen LogP contribution in [0.25, 0.3) is 10.8 Å². The Morgan fingerprint density at radius 1 is 1.08 bits per heavy atom. The first-order valence-electron chi connectivity index (χ1n) is 8.17. The van der Waals surface area contributed by atoms with E-state index in [1.54, 1.807) is 6.20 Å². The number of anilines is 1. The zero-order chi connectivity index (χ0) is 17.9. The summed E-state index contributed by atoms with van der Waals surface area (Å²) in [4.78, 5) is 12.2. The van der Waals surface area contributed by atoms with Gasteiger partial charge in [-0.3, -0.25) is 4.79 Å². The molecule has 0 fully saturated rings. The maximum Gasteiger partial charge on any atom is 0.234 e. The molecule has 4 nitrogen and oxygen atoms in total. The van der Waals surface area contributed by atoms with Crippen LogP contribution in [0.4, 0.5) is 5.69 Å². The minimum absolute atomic E-state index is 0.0526. The number of amides is 1. The maximum absolute atomic E-state index is 12.2. The van der Waals surface area contributed by atoms with E-state index in [0.29, 0.717) is 5.75 Å². The van der Waals surface area contributed by atoms with Gasteiger partial charge in [-0.05, 0) is 23.1 Å². The van der Waals surface area contributed by atoms with Gasteiger partial charge >= 0.3 is 0 Å². The number of carbonyl (C=O) groups is 1. The van der Waals surface area contributed by atoms with Crippen LogP contribution in [0.15, 0.2) is 59.8 Å². The van der Waals surface area contributed by atoms with Crippen molar-refractivity contribution in [1.82, 2.24) is 10.2 Å². The van der Waals surface area contributed by atoms with Crippen molar-refractivity contribution in [3.05, 3.63) is 60.3 Å². The summed E-state index contributed by atoms with van der Waals surface area (Å²) in [7, 11) is 0. The fourth-order valence-corrected chi connectivity index (χ4v) is 3.28. The van der Waals surface area contributed by atoms with Crippen LogP contribution in [0.5, 0.6) is 0 Å². The molecule has 0 radical (unpaired) electrons. The van der Waals surface area contributed by atoms with E-state index in [0.717, 1.165) is 21.5 Å². The smallest absolute Gasteiger partial charge is 0.234 e. The van der Waals surface area contributed by atoms with E-state index in [1.807, 2.05) is 36.4 Å². The number of nitrogens with zero attached hydrogens (tertiary/aromatic N) is 2. The first kappa shape index (κ1) is 17.4. The van der Waals surface area contributed by atoms with Gasteiger partial charge in [0, 0.05) is 16.5 Å². The van der Waals surface area contributed by atoms with Crippen LogP contribution in [0, 0.1) is 0 Å². The third-order valence-electron chi connectivity index (χ3n) is 3.91. The van der Waals surface area contributed by atoms with E-state index in [9.17, 15) is 4.79 Å². The molecule has 3 rings (SSSR count). The molecule has 0 aliphatic rings. The van der Waals surface area contributed by atoms with Gasteiger partial charge in [-0.1, -0.05) is 68.9 Å². The standard InChI is InChI=1S/C20H21N3OS/c1-20(2,3)15-8-10-16(11-9-15)22-18(24)13-25-19-17-7-5-4-6-14(17)12-21-23-19/h4-12H,13H2,1-3H3,(H,22,24). The van der Waals surface area contributed by atoms with E-state index in [4.69, 9.17) is 0 Å². The molecule has 1 amide bonds. The summed E-state index contributed by atoms with van der Waals surface area (Å²) < 4.78 is 0. The largest absolute Gasteiger partial charge is 0.325 e. The van der Waals surface area contributed by atoms with Gasteiger partial charge in [-0.2, -0.15) is 5.10 Å². The topological polar surface area (TPSA) is 54.9 Å². The van der Waals surface area contributed by atoms with Crippen molar-refractivity contribution >= 4 is 34.1 Å². The Morgan fingerprint density at radius 3 is 2.52 bits per heavy atom. The molecule has 1 aromatic heterocycles. The highest BCUT2D eigenvalue weighted by atomic mass is 32.2. The first-order chi connectivity index (χ1) is 11.9. The lowest BCUT2D eigenvalue weighted by Gasteiger charge is -2.19. The van der Waals surface area contributed by atoms with Gasteiger partial charge in [0.1, 0.15) is 5.03 Å². The van der Waals surface area contributed by atoms with E-state index >= 15 is 0 Å². The molecule has 0 aliphatic carbocycles. The summed E-state index contributed by atoms with van der Waals surface area (Å²) in [5, 5.41) is 13.9. The highest BCUT2D eigenvalue weighted by Gasteiger charge is 2.13. The molecule has 0 unspecified atom stereocenters. The molecule has 5 heteroatoms. The van der Waals surface area contributed by atoms with Crippen LogP contribution < -0.4 is 5.32 Å². The minimum atomic E-state index is -0.0526. The molecule has 1 N–H and O–H groups in total. The lowest BCUT2D eigenvalue weighted by atomic mass is 9.87. The van der Waals surface area contributed by atoms with Gasteiger partial charge < -0.3 is 5.32 Å². The van der Waals surface area contributed by atoms with Crippen LogP contribution >= 0.6 is 11.8 Å². The predicted octanol–water partition coefficient (Wildman–Crippen LogP) is 4.66. The molecule has 128 valence electrons. The van der Waals surface area contributed by atoms with Crippen molar-refractivity contribution < 1.29 is 4.79 Å². The van der Waals surface area contributed by atoms with E-state index in [1.165, 1.54) is 17.3 Å². The number of rotatable bonds is 4. The lowest BCUT2D eigenvalue weighted by Crippen LogP contribution is -2.15. The van der Waals surface area contributed by atoms with Crippen molar-refractivity contribution in [3.63, 3.8) is 0 Å². The molecule has 1 heterocycles. The fourth-order valence-electron chi connectivity index (χ4n) is 2.49. The Kier molecular flexibility index (Phi) is 5.04. The van der Waals surface area contributed by atoms with Crippen LogP contribution in [0.2, 0.25) is 0 Å². The van der Waals surface area contributed by atoms with E-state index in [-0.39, 0.29) is 11.3 Å². The normalized spacial score (nSPS) is 11.5. The maximum atomic E-state index is 12.2. The van der Waals surface area contributed by atoms with Crippen LogP contribution in [-0.4, -0.2) is 21.9 Å². The summed E-state index contributed by atoms with van der Waals surface area (Å²) in [6.45, 7) is 6.51. The molecule has 0 atom stereocenters. The Balaban J connectivity index is 1.63. The van der Waals surface area contributed by atoms with Crippen LogP contribution in [-0.2, 0) is 10.2 Å². The molecule has 2 aromatic carbocycles. The van der Waals surface area contributed by atoms with Crippen molar-refractivity contribution in [3.8, 4) is 0 Å². The van der Waals surface area contributed by atoms with E-state index in [2.05, 4.69) is 48.4 Å². The molecule has 3 aromatic rings. The average Bonchev–Trinajstić information content (AvgIpc) is 2.59. The SMILES string of the molecule is CC(C)(C)c1ccc(NC(=O)CSc2nncc3ccccc23)cc1. The van der Waals surface area contributed by atoms with Gasteiger partial charge in [0.15, 0.2) is 0 Å². The summed E-state index contributed by atoms with van der Waals surface area (Å²) in [6.07, 6.45) is 1.73. The Hall–Kier alpha value is -2.40. The number of hydrogen-bond acceptors (Lipinski definition) is 4. The predicted molar refractivity (Wildman–Crippen MR) is 104 cm³/mol. The fraction of sp³-hybridized carbons (Fsp3) is 0.250. The zero-order valence-corrected chi connectivity index (χ0v) is 15.4. The van der Waals surface area contributed by atoms with Crippen molar-refractivity contribution in [1.29, 1.82) is 0 Å². The molecule has 0 spiro atoms. The van der Waals surface area contributed by atoms with Crippen molar-refractivity contribution in [2.75, 3.05) is 11.1 Å². The first-order valence-corrected chi connectivity index (χ1v) is 9.16. The molecule has 0 bridgehead atoms. The van der Waals surface area contributed by atoms with Gasteiger partial charge in [-0.15, -0.1) is 5.10 Å². The molecule has 25 heavy (non-hydrogen) atoms. The molecule has 0 saturated carbocycles. The Morgan fingerprint density at radius 2 is 1.80 bits per heavy atom. The highest BCUT2D eigenvalue weighted by Crippen LogP contribution is 2.25. The minimum Gasteiger partial charge on any atom is -0.325 e. The Bertz CT molecular complexity index is 880. The number of nitrogens with one attached hydrogen (secondary N) is 1. The summed E-state index contributed by atoms with van der Waals surface area (Å²) in [5.74, 6) is 0.243. The monoisotopic (exact) mass is 351 g/mol. The summed E-state index contributed by atoms with van der Waals surface area (Å²) >= 11 is 1.40. The molecular formula is C20H21N3OS. The van der Waals surface area contributed by atoms with Crippen molar-refractivity contribution in [2.24, 2.45) is 0 Å². The summed E-state index contributed by atoms with van der Waals surface area (Å²) in [5.41, 5.74) is 2.15. The quantitative estimate of drug-likeness (QED) is 0.695. The Labute approximate surface area is 152 Å². The molecular weight excluding hydrogens is 330 g/mol. The second-order valence-electron chi connectivity index (χ2n) is 6.90. The second kappa shape index (κ2) is 7.23. The second-order valence-corrected chi connectivity index (χ2v) is 7.87. The average molecular weight is 351 g/mol. The zero-order valence-electron chi connectivity index (χ0n) is 14.6. The number of hydrogen-bond donors (Lipinski definition) is 1. The number of thioether (sulfide) groups is 1. The van der Waals surface area contributed by atoms with Gasteiger partial charge in [-0.25, -0.2) is 0 Å².